The zero-order valence-electron chi connectivity index (χ0n) is 13.2. The molecule has 0 spiro atoms. The number of primary sulfonamides is 1. The van der Waals surface area contributed by atoms with Gasteiger partial charge in [-0.2, -0.15) is 0 Å². The molecule has 0 unspecified atom stereocenters. The summed E-state index contributed by atoms with van der Waals surface area (Å²) < 4.78 is 24.7. The first-order valence-corrected chi connectivity index (χ1v) is 9.87. The molecule has 1 aromatic heterocycles. The number of sulfonamides is 1. The third-order valence-electron chi connectivity index (χ3n) is 3.55. The van der Waals surface area contributed by atoms with E-state index in [1.807, 2.05) is 42.0 Å². The number of nitrogens with zero attached hydrogens (tertiary/aromatic N) is 3. The Hall–Kier alpha value is -2.16. The summed E-state index contributed by atoms with van der Waals surface area (Å²) in [7, 11) is -3.72. The van der Waals surface area contributed by atoms with E-state index < -0.39 is 10.0 Å². The van der Waals surface area contributed by atoms with Gasteiger partial charge in [0.2, 0.25) is 10.0 Å². The van der Waals surface area contributed by atoms with Crippen molar-refractivity contribution in [3.63, 3.8) is 0 Å². The first kappa shape index (κ1) is 16.7. The number of rotatable bonds is 4. The molecule has 1 heterocycles. The van der Waals surface area contributed by atoms with Crippen molar-refractivity contribution in [2.24, 2.45) is 5.14 Å². The van der Waals surface area contributed by atoms with E-state index in [9.17, 15) is 8.42 Å². The summed E-state index contributed by atoms with van der Waals surface area (Å²) in [4.78, 5) is 0.0674. The molecule has 2 aromatic carbocycles. The lowest BCUT2D eigenvalue weighted by molar-refractivity contribution is 0.598. The topological polar surface area (TPSA) is 90.9 Å². The molecule has 0 aliphatic heterocycles. The van der Waals surface area contributed by atoms with Gasteiger partial charge in [0.15, 0.2) is 11.0 Å². The van der Waals surface area contributed by atoms with Crippen molar-refractivity contribution in [1.82, 2.24) is 14.8 Å². The predicted molar refractivity (Wildman–Crippen MR) is 94.7 cm³/mol. The van der Waals surface area contributed by atoms with E-state index in [1.54, 1.807) is 12.1 Å². The summed E-state index contributed by atoms with van der Waals surface area (Å²) in [5, 5.41) is 14.4. The Balaban J connectivity index is 2.12. The molecule has 0 atom stereocenters. The first-order valence-electron chi connectivity index (χ1n) is 7.10. The Morgan fingerprint density at radius 2 is 1.62 bits per heavy atom. The van der Waals surface area contributed by atoms with Crippen molar-refractivity contribution < 1.29 is 8.42 Å². The van der Waals surface area contributed by atoms with Gasteiger partial charge < -0.3 is 0 Å². The van der Waals surface area contributed by atoms with Crippen LogP contribution in [-0.4, -0.2) is 29.4 Å². The highest BCUT2D eigenvalue weighted by Gasteiger charge is 2.16. The summed E-state index contributed by atoms with van der Waals surface area (Å²) in [6.45, 7) is 2.03. The van der Waals surface area contributed by atoms with Crippen LogP contribution in [0.4, 0.5) is 0 Å². The van der Waals surface area contributed by atoms with Crippen LogP contribution in [0, 0.1) is 6.92 Å². The molecular weight excluding hydrogens is 344 g/mol. The minimum absolute atomic E-state index is 0.0674. The van der Waals surface area contributed by atoms with Crippen LogP contribution in [0.25, 0.3) is 17.1 Å². The van der Waals surface area contributed by atoms with Gasteiger partial charge in [0.1, 0.15) is 0 Å². The highest BCUT2D eigenvalue weighted by Crippen LogP contribution is 2.27. The van der Waals surface area contributed by atoms with E-state index in [1.165, 1.54) is 23.9 Å². The average Bonchev–Trinajstić information content (AvgIpc) is 2.99. The van der Waals surface area contributed by atoms with Crippen molar-refractivity contribution in [1.29, 1.82) is 0 Å². The van der Waals surface area contributed by atoms with Crippen molar-refractivity contribution in [3.05, 3.63) is 54.1 Å². The molecule has 0 radical (unpaired) electrons. The van der Waals surface area contributed by atoms with Gasteiger partial charge in [0, 0.05) is 11.3 Å². The number of hydrogen-bond acceptors (Lipinski definition) is 5. The largest absolute Gasteiger partial charge is 0.270 e. The summed E-state index contributed by atoms with van der Waals surface area (Å²) in [5.74, 6) is 0.643. The van der Waals surface area contributed by atoms with Crippen LogP contribution in [0.15, 0.2) is 58.6 Å². The number of hydrogen-bond donors (Lipinski definition) is 1. The zero-order chi connectivity index (χ0) is 17.3. The fraction of sp³-hybridized carbons (Fsp3) is 0.125. The second-order valence-electron chi connectivity index (χ2n) is 5.25. The fourth-order valence-electron chi connectivity index (χ4n) is 2.31. The molecule has 8 heteroatoms. The predicted octanol–water partition coefficient (Wildman–Crippen LogP) is 2.61. The molecular formula is C16H16N4O2S2. The SMILES string of the molecule is CSc1nnc(-c2ccc(S(N)(=O)=O)cc2)n1-c1ccc(C)cc1. The maximum absolute atomic E-state index is 11.4. The van der Waals surface area contributed by atoms with Gasteiger partial charge in [-0.3, -0.25) is 4.57 Å². The Morgan fingerprint density at radius 3 is 2.17 bits per heavy atom. The zero-order valence-corrected chi connectivity index (χ0v) is 14.8. The van der Waals surface area contributed by atoms with E-state index in [0.717, 1.165) is 22.0 Å². The van der Waals surface area contributed by atoms with Gasteiger partial charge >= 0.3 is 0 Å². The average molecular weight is 360 g/mol. The Kier molecular flexibility index (Phi) is 4.44. The highest BCUT2D eigenvalue weighted by molar-refractivity contribution is 7.98. The number of aromatic nitrogens is 3. The lowest BCUT2D eigenvalue weighted by atomic mass is 10.2. The van der Waals surface area contributed by atoms with Crippen LogP contribution in [0.5, 0.6) is 0 Å². The molecule has 0 amide bonds. The smallest absolute Gasteiger partial charge is 0.238 e. The van der Waals surface area contributed by atoms with Crippen LogP contribution in [0.1, 0.15) is 5.56 Å². The van der Waals surface area contributed by atoms with E-state index in [0.29, 0.717) is 5.82 Å². The molecule has 0 aliphatic carbocycles. The van der Waals surface area contributed by atoms with Crippen molar-refractivity contribution in [3.8, 4) is 17.1 Å². The molecule has 2 N–H and O–H groups in total. The molecule has 3 aromatic rings. The van der Waals surface area contributed by atoms with E-state index >= 15 is 0 Å². The van der Waals surface area contributed by atoms with E-state index in [4.69, 9.17) is 5.14 Å². The van der Waals surface area contributed by atoms with Gasteiger partial charge in [-0.1, -0.05) is 29.5 Å². The van der Waals surface area contributed by atoms with Gasteiger partial charge in [0.05, 0.1) is 4.90 Å². The lowest BCUT2D eigenvalue weighted by Crippen LogP contribution is -2.11. The van der Waals surface area contributed by atoms with Gasteiger partial charge in [-0.05, 0) is 49.6 Å². The molecule has 0 bridgehead atoms. The molecule has 124 valence electrons. The minimum Gasteiger partial charge on any atom is -0.270 e. The Bertz CT molecular complexity index is 962. The number of nitrogens with two attached hydrogens (primary N) is 1. The molecule has 0 fully saturated rings. The summed E-state index contributed by atoms with van der Waals surface area (Å²) in [6.07, 6.45) is 1.93. The lowest BCUT2D eigenvalue weighted by Gasteiger charge is -2.10. The quantitative estimate of drug-likeness (QED) is 0.722. The van der Waals surface area contributed by atoms with Crippen molar-refractivity contribution in [2.75, 3.05) is 6.26 Å². The summed E-state index contributed by atoms with van der Waals surface area (Å²) in [6, 6.07) is 14.3. The molecule has 24 heavy (non-hydrogen) atoms. The molecule has 0 aliphatic rings. The maximum atomic E-state index is 11.4. The molecule has 0 saturated heterocycles. The van der Waals surface area contributed by atoms with Gasteiger partial charge in [-0.15, -0.1) is 10.2 Å². The normalized spacial score (nSPS) is 11.6. The van der Waals surface area contributed by atoms with Gasteiger partial charge in [0.25, 0.3) is 0 Å². The third kappa shape index (κ3) is 3.21. The summed E-state index contributed by atoms with van der Waals surface area (Å²) >= 11 is 1.49. The van der Waals surface area contributed by atoms with E-state index in [2.05, 4.69) is 10.2 Å². The molecule has 3 rings (SSSR count). The van der Waals surface area contributed by atoms with Crippen molar-refractivity contribution in [2.45, 2.75) is 17.0 Å². The molecule has 6 nitrogen and oxygen atoms in total. The number of aryl methyl sites for hydroxylation is 1. The Morgan fingerprint density at radius 1 is 1.00 bits per heavy atom. The van der Waals surface area contributed by atoms with Crippen LogP contribution in [0.2, 0.25) is 0 Å². The van der Waals surface area contributed by atoms with Crippen LogP contribution in [0.3, 0.4) is 0 Å². The maximum Gasteiger partial charge on any atom is 0.238 e. The van der Waals surface area contributed by atoms with Crippen LogP contribution < -0.4 is 5.14 Å². The number of thioether (sulfide) groups is 1. The third-order valence-corrected chi connectivity index (χ3v) is 5.11. The second-order valence-corrected chi connectivity index (χ2v) is 7.59. The minimum atomic E-state index is -3.72. The number of benzene rings is 2. The molecule has 0 saturated carbocycles. The summed E-state index contributed by atoms with van der Waals surface area (Å²) in [5.41, 5.74) is 2.87. The van der Waals surface area contributed by atoms with Gasteiger partial charge in [-0.25, -0.2) is 13.6 Å². The van der Waals surface area contributed by atoms with E-state index in [-0.39, 0.29) is 4.90 Å². The Labute approximate surface area is 144 Å². The van der Waals surface area contributed by atoms with Crippen LogP contribution in [-0.2, 0) is 10.0 Å². The standard InChI is InChI=1S/C16H16N4O2S2/c1-11-3-7-13(8-4-11)20-15(18-19-16(20)23-2)12-5-9-14(10-6-12)24(17,21)22/h3-10H,1-2H3,(H2,17,21,22). The van der Waals surface area contributed by atoms with Crippen LogP contribution >= 0.6 is 11.8 Å². The monoisotopic (exact) mass is 360 g/mol. The first-order chi connectivity index (χ1) is 11.4. The highest BCUT2D eigenvalue weighted by atomic mass is 32.2. The second kappa shape index (κ2) is 6.39. The fourth-order valence-corrected chi connectivity index (χ4v) is 3.32. The van der Waals surface area contributed by atoms with Crippen molar-refractivity contribution >= 4 is 21.8 Å².